The molecule has 2 amide bonds. The number of halogens is 1. The first-order chi connectivity index (χ1) is 15.7. The summed E-state index contributed by atoms with van der Waals surface area (Å²) in [6.07, 6.45) is 1.47. The van der Waals surface area contributed by atoms with Gasteiger partial charge in [-0.1, -0.05) is 31.2 Å². The molecule has 0 aliphatic heterocycles. The molecule has 0 fully saturated rings. The Bertz CT molecular complexity index is 1110. The van der Waals surface area contributed by atoms with E-state index >= 15 is 0 Å². The van der Waals surface area contributed by atoms with Gasteiger partial charge in [-0.15, -0.1) is 0 Å². The molecule has 0 aromatic heterocycles. The van der Waals surface area contributed by atoms with Crippen molar-refractivity contribution in [2.75, 3.05) is 17.1 Å². The lowest BCUT2D eigenvalue weighted by molar-refractivity contribution is -0.141. The Balaban J connectivity index is 2.46. The van der Waals surface area contributed by atoms with Gasteiger partial charge in [0.1, 0.15) is 12.6 Å². The van der Waals surface area contributed by atoms with E-state index in [1.54, 1.807) is 24.3 Å². The van der Waals surface area contributed by atoms with Gasteiger partial charge in [-0.05, 0) is 92.1 Å². The van der Waals surface area contributed by atoms with E-state index in [0.717, 1.165) is 25.3 Å². The van der Waals surface area contributed by atoms with Crippen LogP contribution in [0.2, 0.25) is 0 Å². The highest BCUT2D eigenvalue weighted by Crippen LogP contribution is 2.21. The number of sulfonamides is 1. The Morgan fingerprint density at radius 3 is 2.15 bits per heavy atom. The Morgan fingerprint density at radius 1 is 1.06 bits per heavy atom. The van der Waals surface area contributed by atoms with Crippen molar-refractivity contribution in [1.29, 1.82) is 0 Å². The first-order valence-electron chi connectivity index (χ1n) is 11.1. The average molecular weight is 600 g/mol. The van der Waals surface area contributed by atoms with Crippen LogP contribution in [0.4, 0.5) is 5.69 Å². The first-order valence-corrected chi connectivity index (χ1v) is 14.0. The molecule has 2 aromatic rings. The van der Waals surface area contributed by atoms with E-state index in [4.69, 9.17) is 0 Å². The van der Waals surface area contributed by atoms with Gasteiger partial charge in [0.15, 0.2) is 0 Å². The molecule has 1 N–H and O–H groups in total. The molecular formula is C25H34IN3O4S. The van der Waals surface area contributed by atoms with Crippen LogP contribution in [0.5, 0.6) is 0 Å². The van der Waals surface area contributed by atoms with Crippen molar-refractivity contribution in [2.24, 2.45) is 0 Å². The molecule has 0 unspecified atom stereocenters. The minimum Gasteiger partial charge on any atom is -0.350 e. The maximum atomic E-state index is 13.7. The van der Waals surface area contributed by atoms with Crippen molar-refractivity contribution in [2.45, 2.75) is 59.2 Å². The van der Waals surface area contributed by atoms with E-state index in [1.807, 2.05) is 58.9 Å². The third-order valence-corrected chi connectivity index (χ3v) is 7.14. The van der Waals surface area contributed by atoms with Crippen LogP contribution in [-0.4, -0.2) is 49.5 Å². The third-order valence-electron chi connectivity index (χ3n) is 5.28. The fourth-order valence-electron chi connectivity index (χ4n) is 3.56. The minimum atomic E-state index is -3.74. The molecule has 7 nitrogen and oxygen atoms in total. The summed E-state index contributed by atoms with van der Waals surface area (Å²) in [5, 5.41) is 2.96. The Hall–Kier alpha value is -2.14. The number of benzene rings is 2. The summed E-state index contributed by atoms with van der Waals surface area (Å²) in [4.78, 5) is 28.3. The number of carbonyl (C=O) groups is 2. The molecule has 34 heavy (non-hydrogen) atoms. The van der Waals surface area contributed by atoms with Crippen molar-refractivity contribution in [3.05, 3.63) is 63.2 Å². The van der Waals surface area contributed by atoms with Crippen LogP contribution < -0.4 is 9.62 Å². The van der Waals surface area contributed by atoms with Crippen molar-refractivity contribution in [3.63, 3.8) is 0 Å². The lowest BCUT2D eigenvalue weighted by atomic mass is 10.0. The van der Waals surface area contributed by atoms with E-state index in [9.17, 15) is 18.0 Å². The maximum absolute atomic E-state index is 13.7. The second kappa shape index (κ2) is 11.5. The topological polar surface area (TPSA) is 86.8 Å². The Labute approximate surface area is 217 Å². The number of hydrogen-bond donors (Lipinski definition) is 1. The van der Waals surface area contributed by atoms with E-state index < -0.39 is 34.1 Å². The number of rotatable bonds is 9. The normalized spacial score (nSPS) is 12.7. The highest BCUT2D eigenvalue weighted by Gasteiger charge is 2.33. The molecule has 0 bridgehead atoms. The molecule has 186 valence electrons. The number of amides is 2. The zero-order valence-electron chi connectivity index (χ0n) is 20.6. The number of hydrogen-bond acceptors (Lipinski definition) is 4. The van der Waals surface area contributed by atoms with Crippen LogP contribution >= 0.6 is 22.6 Å². The van der Waals surface area contributed by atoms with E-state index in [0.29, 0.717) is 12.1 Å². The van der Waals surface area contributed by atoms with Gasteiger partial charge in [0, 0.05) is 15.7 Å². The molecule has 2 aromatic carbocycles. The summed E-state index contributed by atoms with van der Waals surface area (Å²) in [5.74, 6) is -0.708. The molecule has 0 radical (unpaired) electrons. The highest BCUT2D eigenvalue weighted by molar-refractivity contribution is 14.1. The van der Waals surface area contributed by atoms with Crippen LogP contribution in [-0.2, 0) is 26.2 Å². The monoisotopic (exact) mass is 599 g/mol. The molecule has 0 aliphatic carbocycles. The van der Waals surface area contributed by atoms with Gasteiger partial charge < -0.3 is 10.2 Å². The van der Waals surface area contributed by atoms with Crippen LogP contribution in [0.3, 0.4) is 0 Å². The molecule has 0 saturated carbocycles. The van der Waals surface area contributed by atoms with Crippen molar-refractivity contribution >= 4 is 50.1 Å². The summed E-state index contributed by atoms with van der Waals surface area (Å²) in [7, 11) is -3.74. The van der Waals surface area contributed by atoms with Gasteiger partial charge in [0.05, 0.1) is 11.9 Å². The largest absolute Gasteiger partial charge is 0.350 e. The van der Waals surface area contributed by atoms with Gasteiger partial charge >= 0.3 is 0 Å². The minimum absolute atomic E-state index is 0.200. The highest BCUT2D eigenvalue weighted by atomic mass is 127. The van der Waals surface area contributed by atoms with Crippen LogP contribution in [0, 0.1) is 10.5 Å². The lowest BCUT2D eigenvalue weighted by Crippen LogP contribution is -2.55. The van der Waals surface area contributed by atoms with Crippen molar-refractivity contribution < 1.29 is 18.0 Å². The quantitative estimate of drug-likeness (QED) is 0.441. The van der Waals surface area contributed by atoms with E-state index in [-0.39, 0.29) is 12.5 Å². The number of nitrogens with one attached hydrogen (secondary N) is 1. The average Bonchev–Trinajstić information content (AvgIpc) is 2.71. The van der Waals surface area contributed by atoms with E-state index in [1.165, 1.54) is 4.90 Å². The molecule has 0 saturated heterocycles. The summed E-state index contributed by atoms with van der Waals surface area (Å²) < 4.78 is 27.3. The molecule has 2 rings (SSSR count). The molecule has 0 heterocycles. The van der Waals surface area contributed by atoms with Gasteiger partial charge in [0.25, 0.3) is 0 Å². The number of anilines is 1. The zero-order valence-corrected chi connectivity index (χ0v) is 23.6. The zero-order chi connectivity index (χ0) is 25.7. The maximum Gasteiger partial charge on any atom is 0.244 e. The van der Waals surface area contributed by atoms with Gasteiger partial charge in [0.2, 0.25) is 21.8 Å². The van der Waals surface area contributed by atoms with Crippen LogP contribution in [0.15, 0.2) is 48.5 Å². The Morgan fingerprint density at radius 2 is 1.65 bits per heavy atom. The lowest BCUT2D eigenvalue weighted by Gasteiger charge is -2.34. The Kier molecular flexibility index (Phi) is 9.53. The SMILES string of the molecule is CC[C@@H](C(=O)NC(C)(C)C)N(Cc1ccccc1C)C(=O)CN(c1ccc(I)cc1)S(C)(=O)=O. The fourth-order valence-corrected chi connectivity index (χ4v) is 4.77. The third kappa shape index (κ3) is 7.97. The fraction of sp³-hybridized carbons (Fsp3) is 0.440. The number of aryl methyl sites for hydroxylation is 1. The summed E-state index contributed by atoms with van der Waals surface area (Å²) >= 11 is 2.14. The van der Waals surface area contributed by atoms with Gasteiger partial charge in [-0.2, -0.15) is 0 Å². The van der Waals surface area contributed by atoms with E-state index in [2.05, 4.69) is 27.9 Å². The van der Waals surface area contributed by atoms with Crippen molar-refractivity contribution in [3.8, 4) is 0 Å². The summed E-state index contributed by atoms with van der Waals surface area (Å²) in [6.45, 7) is 9.24. The number of nitrogens with zero attached hydrogens (tertiary/aromatic N) is 2. The molecule has 1 atom stereocenters. The standard InChI is InChI=1S/C25H34IN3O4S/c1-7-22(24(31)27-25(3,4)5)28(16-19-11-9-8-10-18(19)2)23(30)17-29(34(6,32)33)21-14-12-20(26)13-15-21/h8-15,22H,7,16-17H2,1-6H3,(H,27,31)/t22-/m0/s1. The second-order valence-electron chi connectivity index (χ2n) is 9.36. The molecule has 0 spiro atoms. The predicted octanol–water partition coefficient (Wildman–Crippen LogP) is 4.09. The van der Waals surface area contributed by atoms with Crippen molar-refractivity contribution in [1.82, 2.24) is 10.2 Å². The first kappa shape index (κ1) is 28.1. The van der Waals surface area contributed by atoms with Crippen LogP contribution in [0.25, 0.3) is 0 Å². The van der Waals surface area contributed by atoms with Crippen LogP contribution in [0.1, 0.15) is 45.2 Å². The van der Waals surface area contributed by atoms with Gasteiger partial charge in [-0.25, -0.2) is 8.42 Å². The predicted molar refractivity (Wildman–Crippen MR) is 145 cm³/mol. The molecule has 9 heteroatoms. The summed E-state index contributed by atoms with van der Waals surface area (Å²) in [5.41, 5.74) is 1.82. The second-order valence-corrected chi connectivity index (χ2v) is 12.5. The summed E-state index contributed by atoms with van der Waals surface area (Å²) in [6, 6.07) is 13.8. The van der Waals surface area contributed by atoms with Gasteiger partial charge in [-0.3, -0.25) is 13.9 Å². The smallest absolute Gasteiger partial charge is 0.244 e. The number of carbonyl (C=O) groups excluding carboxylic acids is 2. The molecule has 0 aliphatic rings. The molecular weight excluding hydrogens is 565 g/mol.